The molecule has 0 atom stereocenters. The molecule has 0 spiro atoms. The normalized spacial score (nSPS) is 11.5. The molecule has 0 aliphatic carbocycles. The van der Waals surface area contributed by atoms with Crippen LogP contribution in [0.15, 0.2) is 36.5 Å². The predicted octanol–water partition coefficient (Wildman–Crippen LogP) is 1.86. The Morgan fingerprint density at radius 1 is 1.24 bits per heavy atom. The molecule has 136 valence electrons. The van der Waals surface area contributed by atoms with Crippen molar-refractivity contribution in [2.24, 2.45) is 0 Å². The number of carbonyl (C=O) groups is 1. The molecule has 0 radical (unpaired) electrons. The zero-order valence-electron chi connectivity index (χ0n) is 13.6. The molecule has 1 aromatic carbocycles. The van der Waals surface area contributed by atoms with E-state index in [0.29, 0.717) is 26.2 Å². The van der Waals surface area contributed by atoms with Gasteiger partial charge in [0.05, 0.1) is 18.5 Å². The highest BCUT2D eigenvalue weighted by Gasteiger charge is 2.35. The predicted molar refractivity (Wildman–Crippen MR) is 85.6 cm³/mol. The van der Waals surface area contributed by atoms with Crippen LogP contribution in [0, 0.1) is 0 Å². The Kier molecular flexibility index (Phi) is 6.54. The lowest BCUT2D eigenvalue weighted by atomic mass is 10.2. The second-order valence-electron chi connectivity index (χ2n) is 5.18. The van der Waals surface area contributed by atoms with E-state index in [9.17, 15) is 18.0 Å². The average Bonchev–Trinajstić information content (AvgIpc) is 3.08. The molecule has 0 aliphatic heterocycles. The smallest absolute Gasteiger partial charge is 0.383 e. The van der Waals surface area contributed by atoms with Crippen molar-refractivity contribution in [2.45, 2.75) is 6.18 Å². The van der Waals surface area contributed by atoms with Gasteiger partial charge in [0.2, 0.25) is 0 Å². The number of ether oxygens (including phenoxy) is 1. The zero-order chi connectivity index (χ0) is 18.3. The fourth-order valence-corrected chi connectivity index (χ4v) is 2.17. The van der Waals surface area contributed by atoms with Crippen LogP contribution in [0.1, 0.15) is 16.1 Å². The Labute approximate surface area is 143 Å². The third kappa shape index (κ3) is 5.30. The molecule has 0 saturated heterocycles. The Morgan fingerprint density at radius 2 is 2.04 bits per heavy atom. The second kappa shape index (κ2) is 8.63. The van der Waals surface area contributed by atoms with Gasteiger partial charge in [-0.3, -0.25) is 4.79 Å². The fourth-order valence-electron chi connectivity index (χ4n) is 2.17. The third-order valence-corrected chi connectivity index (χ3v) is 3.36. The van der Waals surface area contributed by atoms with Gasteiger partial charge in [-0.25, -0.2) is 4.68 Å². The summed E-state index contributed by atoms with van der Waals surface area (Å²) < 4.78 is 44.5. The topological polar surface area (TPSA) is 68.2 Å². The van der Waals surface area contributed by atoms with Gasteiger partial charge in [0, 0.05) is 32.3 Å². The van der Waals surface area contributed by atoms with Crippen LogP contribution >= 0.6 is 0 Å². The minimum Gasteiger partial charge on any atom is -0.383 e. The number of methoxy groups -OCH3 is 1. The third-order valence-electron chi connectivity index (χ3n) is 3.36. The summed E-state index contributed by atoms with van der Waals surface area (Å²) in [5, 5.41) is 9.47. The van der Waals surface area contributed by atoms with E-state index in [1.165, 1.54) is 24.3 Å². The van der Waals surface area contributed by atoms with Gasteiger partial charge >= 0.3 is 6.18 Å². The highest BCUT2D eigenvalue weighted by atomic mass is 19.4. The second-order valence-corrected chi connectivity index (χ2v) is 5.18. The van der Waals surface area contributed by atoms with Crippen molar-refractivity contribution >= 4 is 5.91 Å². The molecular weight excluding hydrogens is 337 g/mol. The van der Waals surface area contributed by atoms with E-state index >= 15 is 0 Å². The van der Waals surface area contributed by atoms with Crippen LogP contribution in [0.2, 0.25) is 0 Å². The number of halogens is 3. The minimum absolute atomic E-state index is 0.170. The minimum atomic E-state index is -4.53. The largest absolute Gasteiger partial charge is 0.433 e. The van der Waals surface area contributed by atoms with Gasteiger partial charge in [-0.15, -0.1) is 0 Å². The molecule has 0 saturated carbocycles. The maximum Gasteiger partial charge on any atom is 0.433 e. The molecule has 2 rings (SSSR count). The molecule has 1 aromatic heterocycles. The summed E-state index contributed by atoms with van der Waals surface area (Å²) in [6.07, 6.45) is -3.45. The van der Waals surface area contributed by atoms with Crippen LogP contribution < -0.4 is 10.6 Å². The van der Waals surface area contributed by atoms with Crippen molar-refractivity contribution < 1.29 is 22.7 Å². The Balaban J connectivity index is 2.02. The van der Waals surface area contributed by atoms with E-state index in [0.717, 1.165) is 16.9 Å². The van der Waals surface area contributed by atoms with E-state index in [-0.39, 0.29) is 17.2 Å². The number of nitrogens with one attached hydrogen (secondary N) is 2. The summed E-state index contributed by atoms with van der Waals surface area (Å²) in [4.78, 5) is 12.1. The van der Waals surface area contributed by atoms with Crippen molar-refractivity contribution in [2.75, 3.05) is 33.4 Å². The quantitative estimate of drug-likeness (QED) is 0.709. The number of rotatable bonds is 8. The molecule has 6 nitrogen and oxygen atoms in total. The highest BCUT2D eigenvalue weighted by molar-refractivity contribution is 5.94. The summed E-state index contributed by atoms with van der Waals surface area (Å²) >= 11 is 0. The van der Waals surface area contributed by atoms with Gasteiger partial charge in [0.1, 0.15) is 5.69 Å². The first-order valence-electron chi connectivity index (χ1n) is 7.63. The van der Waals surface area contributed by atoms with E-state index in [1.54, 1.807) is 7.11 Å². The molecule has 1 heterocycles. The van der Waals surface area contributed by atoms with Crippen LogP contribution in [0.3, 0.4) is 0 Å². The number of hydrogen-bond acceptors (Lipinski definition) is 4. The number of alkyl halides is 3. The Morgan fingerprint density at radius 3 is 2.76 bits per heavy atom. The fraction of sp³-hybridized carbons (Fsp3) is 0.375. The lowest BCUT2D eigenvalue weighted by Crippen LogP contribution is -2.33. The van der Waals surface area contributed by atoms with Crippen molar-refractivity contribution in [3.05, 3.63) is 47.8 Å². The number of nitrogens with zero attached hydrogens (tertiary/aromatic N) is 2. The van der Waals surface area contributed by atoms with Gasteiger partial charge in [-0.2, -0.15) is 18.3 Å². The maximum atomic E-state index is 13.0. The maximum absolute atomic E-state index is 13.0. The lowest BCUT2D eigenvalue weighted by Gasteiger charge is -2.11. The molecule has 2 N–H and O–H groups in total. The molecule has 2 aromatic rings. The first kappa shape index (κ1) is 18.9. The molecule has 0 unspecified atom stereocenters. The summed E-state index contributed by atoms with van der Waals surface area (Å²) in [6, 6.07) is 6.77. The summed E-state index contributed by atoms with van der Waals surface area (Å²) in [6.45, 7) is 2.19. The van der Waals surface area contributed by atoms with Crippen LogP contribution in [-0.4, -0.2) is 49.0 Å². The van der Waals surface area contributed by atoms with Gasteiger partial charge in [-0.05, 0) is 24.3 Å². The Bertz CT molecular complexity index is 701. The number of amides is 1. The summed E-state index contributed by atoms with van der Waals surface area (Å²) in [7, 11) is 1.60. The van der Waals surface area contributed by atoms with Crippen molar-refractivity contribution in [3.63, 3.8) is 0 Å². The SMILES string of the molecule is COCCNCCNC(=O)c1cccc(-n2nccc2C(F)(F)F)c1. The lowest BCUT2D eigenvalue weighted by molar-refractivity contribution is -0.142. The zero-order valence-corrected chi connectivity index (χ0v) is 13.6. The van der Waals surface area contributed by atoms with Crippen molar-refractivity contribution in [3.8, 4) is 5.69 Å². The number of benzene rings is 1. The molecular formula is C16H19F3N4O2. The highest BCUT2D eigenvalue weighted by Crippen LogP contribution is 2.30. The average molecular weight is 356 g/mol. The van der Waals surface area contributed by atoms with Crippen LogP contribution in [0.4, 0.5) is 13.2 Å². The van der Waals surface area contributed by atoms with E-state index < -0.39 is 11.9 Å². The van der Waals surface area contributed by atoms with E-state index in [2.05, 4.69) is 15.7 Å². The molecule has 9 heteroatoms. The number of carbonyl (C=O) groups excluding carboxylic acids is 1. The molecule has 0 bridgehead atoms. The van der Waals surface area contributed by atoms with Crippen LogP contribution in [-0.2, 0) is 10.9 Å². The summed E-state index contributed by atoms with van der Waals surface area (Å²) in [5.41, 5.74) is -0.464. The molecule has 0 aliphatic rings. The van der Waals surface area contributed by atoms with Gasteiger partial charge < -0.3 is 15.4 Å². The van der Waals surface area contributed by atoms with Crippen molar-refractivity contribution in [1.29, 1.82) is 0 Å². The monoisotopic (exact) mass is 356 g/mol. The standard InChI is InChI=1S/C16H19F3N4O2/c1-25-10-9-20-7-8-21-15(24)12-3-2-4-13(11-12)23-14(5-6-22-23)16(17,18)19/h2-6,11,20H,7-10H2,1H3,(H,21,24). The van der Waals surface area contributed by atoms with Gasteiger partial charge in [0.15, 0.2) is 0 Å². The van der Waals surface area contributed by atoms with E-state index in [1.807, 2.05) is 0 Å². The van der Waals surface area contributed by atoms with Gasteiger partial charge in [0.25, 0.3) is 5.91 Å². The van der Waals surface area contributed by atoms with Crippen molar-refractivity contribution in [1.82, 2.24) is 20.4 Å². The van der Waals surface area contributed by atoms with Crippen LogP contribution in [0.5, 0.6) is 0 Å². The molecule has 1 amide bonds. The molecule has 25 heavy (non-hydrogen) atoms. The first-order valence-corrected chi connectivity index (χ1v) is 7.63. The van der Waals surface area contributed by atoms with Gasteiger partial charge in [-0.1, -0.05) is 6.07 Å². The first-order chi connectivity index (χ1) is 11.9. The number of hydrogen-bond donors (Lipinski definition) is 2. The van der Waals surface area contributed by atoms with Crippen LogP contribution in [0.25, 0.3) is 5.69 Å². The summed E-state index contributed by atoms with van der Waals surface area (Å²) in [5.74, 6) is -0.365. The number of aromatic nitrogens is 2. The Hall–Kier alpha value is -2.39. The van der Waals surface area contributed by atoms with E-state index in [4.69, 9.17) is 4.74 Å². The molecule has 0 fully saturated rings.